The van der Waals surface area contributed by atoms with Gasteiger partial charge >= 0.3 is 10.2 Å². The van der Waals surface area contributed by atoms with Gasteiger partial charge in [-0.25, -0.2) is 0 Å². The molecule has 1 heterocycles. The van der Waals surface area contributed by atoms with Crippen LogP contribution in [0.15, 0.2) is 18.2 Å². The minimum atomic E-state index is -4.63. The summed E-state index contributed by atoms with van der Waals surface area (Å²) in [4.78, 5) is 13.2. The zero-order valence-corrected chi connectivity index (χ0v) is 11.6. The second-order valence-corrected chi connectivity index (χ2v) is 6.14. The summed E-state index contributed by atoms with van der Waals surface area (Å²) in [6.07, 6.45) is -0.0644. The van der Waals surface area contributed by atoms with E-state index in [0.29, 0.717) is 5.69 Å². The molecule has 1 amide bonds. The van der Waals surface area contributed by atoms with E-state index >= 15 is 0 Å². The van der Waals surface area contributed by atoms with Crippen molar-refractivity contribution in [3.05, 3.63) is 29.3 Å². The molecule has 2 rings (SSSR count). The number of rotatable bonds is 3. The molecule has 0 spiro atoms. The number of carbonyl (C=O) groups excluding carboxylic acids is 1. The molecule has 1 aromatic carbocycles. The molecule has 0 N–H and O–H groups in total. The van der Waals surface area contributed by atoms with Crippen LogP contribution in [0.25, 0.3) is 0 Å². The van der Waals surface area contributed by atoms with E-state index in [0.717, 1.165) is 0 Å². The molecule has 0 saturated carbocycles. The molecule has 1 saturated heterocycles. The fourth-order valence-corrected chi connectivity index (χ4v) is 3.10. The maximum absolute atomic E-state index is 12.7. The molecule has 1 aliphatic heterocycles. The van der Waals surface area contributed by atoms with Crippen molar-refractivity contribution in [1.29, 1.82) is 10.5 Å². The maximum Gasteiger partial charge on any atom is 0.302 e. The predicted molar refractivity (Wildman–Crippen MR) is 71.2 cm³/mol. The predicted octanol–water partition coefficient (Wildman–Crippen LogP) is 1.08. The molecule has 8 heteroatoms. The Morgan fingerprint density at radius 2 is 1.95 bits per heavy atom. The monoisotopic (exact) mass is 307 g/mol. The van der Waals surface area contributed by atoms with E-state index in [1.165, 1.54) is 23.1 Å². The number of nitriles is 2. The molecule has 1 fully saturated rings. The Hall–Kier alpha value is -2.45. The molecule has 1 unspecified atom stereocenters. The molecule has 1 aromatic rings. The second kappa shape index (κ2) is 5.51. The van der Waals surface area contributed by atoms with Crippen LogP contribution in [-0.4, -0.2) is 26.6 Å². The highest BCUT2D eigenvalue weighted by Crippen LogP contribution is 2.27. The quantitative estimate of drug-likeness (QED) is 0.778. The summed E-state index contributed by atoms with van der Waals surface area (Å²) in [5, 5.41) is 17.8. The Kier molecular flexibility index (Phi) is 3.92. The number of amides is 1. The maximum atomic E-state index is 12.7. The third-order valence-electron chi connectivity index (χ3n) is 3.20. The zero-order chi connectivity index (χ0) is 15.6. The zero-order valence-electron chi connectivity index (χ0n) is 10.8. The smallest absolute Gasteiger partial charge is 0.302 e. The number of nitrogens with zero attached hydrogens (tertiary/aromatic N) is 3. The van der Waals surface area contributed by atoms with Crippen LogP contribution in [-0.2, 0) is 15.0 Å². The van der Waals surface area contributed by atoms with Gasteiger partial charge in [0, 0.05) is 24.6 Å². The van der Waals surface area contributed by atoms with Gasteiger partial charge in [-0.3, -0.25) is 4.79 Å². The minimum Gasteiger partial charge on any atom is -0.312 e. The third kappa shape index (κ3) is 3.36. The number of hydrogen-bond donors (Lipinski definition) is 0. The number of benzene rings is 1. The highest BCUT2D eigenvalue weighted by atomic mass is 32.3. The van der Waals surface area contributed by atoms with Crippen LogP contribution in [0.5, 0.6) is 0 Å². The van der Waals surface area contributed by atoms with Crippen molar-refractivity contribution >= 4 is 21.8 Å². The van der Waals surface area contributed by atoms with Crippen molar-refractivity contribution in [2.24, 2.45) is 5.92 Å². The summed E-state index contributed by atoms with van der Waals surface area (Å²) in [6, 6.07) is 8.03. The van der Waals surface area contributed by atoms with Crippen LogP contribution in [0.1, 0.15) is 17.5 Å². The summed E-state index contributed by atoms with van der Waals surface area (Å²) in [6.45, 7) is 0.0682. The normalized spacial score (nSPS) is 18.3. The lowest BCUT2D eigenvalue weighted by Crippen LogP contribution is -2.25. The van der Waals surface area contributed by atoms with Gasteiger partial charge in [0.05, 0.1) is 16.9 Å². The van der Waals surface area contributed by atoms with Crippen LogP contribution >= 0.6 is 0 Å². The third-order valence-corrected chi connectivity index (χ3v) is 4.07. The van der Waals surface area contributed by atoms with Gasteiger partial charge in [0.15, 0.2) is 0 Å². The average molecular weight is 307 g/mol. The molecule has 1 aliphatic rings. The summed E-state index contributed by atoms with van der Waals surface area (Å²) in [5.74, 6) is -1.65. The Labute approximate surface area is 121 Å². The SMILES string of the molecule is N#Cc1ccc(N2CC(CS(=O)(=O)F)CC2=O)cc1C#N. The van der Waals surface area contributed by atoms with Crippen LogP contribution in [0.3, 0.4) is 0 Å². The lowest BCUT2D eigenvalue weighted by atomic mass is 10.1. The van der Waals surface area contributed by atoms with Crippen LogP contribution in [0, 0.1) is 28.6 Å². The summed E-state index contributed by atoms with van der Waals surface area (Å²) >= 11 is 0. The van der Waals surface area contributed by atoms with Crippen molar-refractivity contribution in [1.82, 2.24) is 0 Å². The first-order chi connectivity index (χ1) is 9.84. The molecule has 21 heavy (non-hydrogen) atoms. The molecule has 0 aliphatic carbocycles. The van der Waals surface area contributed by atoms with E-state index < -0.39 is 21.9 Å². The van der Waals surface area contributed by atoms with Crippen molar-refractivity contribution in [3.63, 3.8) is 0 Å². The summed E-state index contributed by atoms with van der Waals surface area (Å²) in [7, 11) is -4.63. The standard InChI is InChI=1S/C13H10FN3O3S/c14-21(19,20)8-9-3-13(18)17(7-9)12-2-1-10(5-15)11(4-12)6-16/h1-2,4,9H,3,7-8H2. The lowest BCUT2D eigenvalue weighted by molar-refractivity contribution is -0.117. The molecule has 6 nitrogen and oxygen atoms in total. The van der Waals surface area contributed by atoms with Gasteiger partial charge in [-0.05, 0) is 18.2 Å². The second-order valence-electron chi connectivity index (χ2n) is 4.73. The van der Waals surface area contributed by atoms with Gasteiger partial charge in [-0.1, -0.05) is 0 Å². The first kappa shape index (κ1) is 14.9. The van der Waals surface area contributed by atoms with E-state index in [2.05, 4.69) is 0 Å². The molecule has 0 bridgehead atoms. The first-order valence-electron chi connectivity index (χ1n) is 6.01. The Morgan fingerprint density at radius 3 is 2.52 bits per heavy atom. The Morgan fingerprint density at radius 1 is 1.29 bits per heavy atom. The number of anilines is 1. The van der Waals surface area contributed by atoms with Gasteiger partial charge in [-0.15, -0.1) is 3.89 Å². The molecule has 0 aromatic heterocycles. The number of halogens is 1. The van der Waals surface area contributed by atoms with E-state index in [1.807, 2.05) is 12.1 Å². The summed E-state index contributed by atoms with van der Waals surface area (Å²) < 4.78 is 34.0. The van der Waals surface area contributed by atoms with Gasteiger partial charge in [0.1, 0.15) is 12.1 Å². The molecule has 108 valence electrons. The molecular weight excluding hydrogens is 297 g/mol. The summed E-state index contributed by atoms with van der Waals surface area (Å²) in [5.41, 5.74) is 0.717. The van der Waals surface area contributed by atoms with Gasteiger partial charge in [0.25, 0.3) is 0 Å². The molecule has 0 radical (unpaired) electrons. The first-order valence-corrected chi connectivity index (χ1v) is 7.56. The van der Waals surface area contributed by atoms with Crippen molar-refractivity contribution in [2.45, 2.75) is 6.42 Å². The van der Waals surface area contributed by atoms with Gasteiger partial charge in [0.2, 0.25) is 5.91 Å². The van der Waals surface area contributed by atoms with Crippen molar-refractivity contribution in [3.8, 4) is 12.1 Å². The van der Waals surface area contributed by atoms with Crippen LogP contribution < -0.4 is 4.90 Å². The fraction of sp³-hybridized carbons (Fsp3) is 0.308. The topological polar surface area (TPSA) is 102 Å². The number of carbonyl (C=O) groups is 1. The fourth-order valence-electron chi connectivity index (χ4n) is 2.31. The number of hydrogen-bond acceptors (Lipinski definition) is 5. The van der Waals surface area contributed by atoms with E-state index in [-0.39, 0.29) is 30.0 Å². The molecule has 1 atom stereocenters. The van der Waals surface area contributed by atoms with E-state index in [1.54, 1.807) is 0 Å². The Bertz CT molecular complexity index is 777. The largest absolute Gasteiger partial charge is 0.312 e. The van der Waals surface area contributed by atoms with E-state index in [9.17, 15) is 17.1 Å². The van der Waals surface area contributed by atoms with Gasteiger partial charge < -0.3 is 4.90 Å². The minimum absolute atomic E-state index is 0.0644. The molecular formula is C13H10FN3O3S. The van der Waals surface area contributed by atoms with Crippen molar-refractivity contribution in [2.75, 3.05) is 17.2 Å². The highest BCUT2D eigenvalue weighted by molar-refractivity contribution is 7.86. The lowest BCUT2D eigenvalue weighted by Gasteiger charge is -2.17. The van der Waals surface area contributed by atoms with Crippen molar-refractivity contribution < 1.29 is 17.1 Å². The highest BCUT2D eigenvalue weighted by Gasteiger charge is 2.33. The van der Waals surface area contributed by atoms with Crippen LogP contribution in [0.4, 0.5) is 9.57 Å². The average Bonchev–Trinajstić information content (AvgIpc) is 2.76. The van der Waals surface area contributed by atoms with E-state index in [4.69, 9.17) is 10.5 Å². The van der Waals surface area contributed by atoms with Gasteiger partial charge in [-0.2, -0.15) is 18.9 Å². The Balaban J connectivity index is 2.26. The van der Waals surface area contributed by atoms with Crippen LogP contribution in [0.2, 0.25) is 0 Å².